The Bertz CT molecular complexity index is 1210. The molecule has 0 spiro atoms. The second-order valence-corrected chi connectivity index (χ2v) is 7.93. The number of piperazine rings is 1. The summed E-state index contributed by atoms with van der Waals surface area (Å²) < 4.78 is 55.0. The molecule has 1 aliphatic rings. The summed E-state index contributed by atoms with van der Waals surface area (Å²) in [5.74, 6) is 0.583. The zero-order valence-corrected chi connectivity index (χ0v) is 19.1. The number of halogens is 3. The van der Waals surface area contributed by atoms with E-state index in [4.69, 9.17) is 13.9 Å². The third-order valence-corrected chi connectivity index (χ3v) is 5.74. The fraction of sp³-hybridized carbons (Fsp3) is 0.280. The van der Waals surface area contributed by atoms with Gasteiger partial charge in [-0.3, -0.25) is 9.59 Å². The number of nitrogens with zero attached hydrogens (tertiary/aromatic N) is 2. The third kappa shape index (κ3) is 5.26. The van der Waals surface area contributed by atoms with E-state index in [0.29, 0.717) is 30.2 Å². The van der Waals surface area contributed by atoms with Crippen molar-refractivity contribution in [3.05, 3.63) is 71.5 Å². The molecule has 184 valence electrons. The second kappa shape index (κ2) is 9.73. The van der Waals surface area contributed by atoms with Crippen LogP contribution in [0.15, 0.2) is 59.0 Å². The number of carbonyl (C=O) groups excluding carboxylic acids is 2. The molecule has 0 aliphatic carbocycles. The van der Waals surface area contributed by atoms with Crippen LogP contribution in [0.3, 0.4) is 0 Å². The second-order valence-electron chi connectivity index (χ2n) is 7.93. The summed E-state index contributed by atoms with van der Waals surface area (Å²) >= 11 is 0. The molecule has 10 heteroatoms. The molecule has 4 rings (SSSR count). The summed E-state index contributed by atoms with van der Waals surface area (Å²) in [6, 6.07) is 12.6. The number of hydrogen-bond donors (Lipinski definition) is 0. The van der Waals surface area contributed by atoms with Crippen molar-refractivity contribution in [1.82, 2.24) is 9.80 Å². The minimum absolute atomic E-state index is 0.0229. The maximum Gasteiger partial charge on any atom is 0.416 e. The standard InChI is InChI=1S/C25H23F3N2O5/c1-33-19-13-17(14-20(15-19)34-2)23(31)29-8-10-30(11-9-29)24(32)22-7-6-21(35-22)16-4-3-5-18(12-16)25(26,27)28/h3-7,12-15H,8-11H2,1-2H3. The summed E-state index contributed by atoms with van der Waals surface area (Å²) in [5.41, 5.74) is -0.158. The topological polar surface area (TPSA) is 72.2 Å². The minimum atomic E-state index is -4.48. The molecule has 0 atom stereocenters. The van der Waals surface area contributed by atoms with Gasteiger partial charge in [0.25, 0.3) is 11.8 Å². The van der Waals surface area contributed by atoms with E-state index in [9.17, 15) is 22.8 Å². The first kappa shape index (κ1) is 24.2. The Morgan fingerprint density at radius 3 is 2.00 bits per heavy atom. The van der Waals surface area contributed by atoms with Crippen LogP contribution in [-0.4, -0.2) is 62.0 Å². The van der Waals surface area contributed by atoms with Crippen LogP contribution in [0, 0.1) is 0 Å². The van der Waals surface area contributed by atoms with Crippen LogP contribution >= 0.6 is 0 Å². The highest BCUT2D eigenvalue weighted by atomic mass is 19.4. The van der Waals surface area contributed by atoms with Crippen molar-refractivity contribution in [1.29, 1.82) is 0 Å². The van der Waals surface area contributed by atoms with Gasteiger partial charge in [0, 0.05) is 43.4 Å². The molecule has 7 nitrogen and oxygen atoms in total. The fourth-order valence-electron chi connectivity index (χ4n) is 3.84. The van der Waals surface area contributed by atoms with Gasteiger partial charge in [-0.15, -0.1) is 0 Å². The molecule has 0 unspecified atom stereocenters. The van der Waals surface area contributed by atoms with E-state index >= 15 is 0 Å². The molecule has 1 saturated heterocycles. The molecule has 0 saturated carbocycles. The summed E-state index contributed by atoms with van der Waals surface area (Å²) in [7, 11) is 3.00. The number of benzene rings is 2. The van der Waals surface area contributed by atoms with Gasteiger partial charge in [0.2, 0.25) is 0 Å². The molecule has 2 amide bonds. The van der Waals surface area contributed by atoms with Gasteiger partial charge in [-0.1, -0.05) is 12.1 Å². The summed E-state index contributed by atoms with van der Waals surface area (Å²) in [4.78, 5) is 29.0. The number of furan rings is 1. The van der Waals surface area contributed by atoms with Gasteiger partial charge in [0.15, 0.2) is 5.76 Å². The maximum absolute atomic E-state index is 13.0. The quantitative estimate of drug-likeness (QED) is 0.526. The Labute approximate surface area is 199 Å². The van der Waals surface area contributed by atoms with Crippen LogP contribution < -0.4 is 9.47 Å². The monoisotopic (exact) mass is 488 g/mol. The van der Waals surface area contributed by atoms with Crippen molar-refractivity contribution < 1.29 is 36.7 Å². The van der Waals surface area contributed by atoms with Crippen molar-refractivity contribution in [3.8, 4) is 22.8 Å². The lowest BCUT2D eigenvalue weighted by atomic mass is 10.1. The smallest absolute Gasteiger partial charge is 0.416 e. The molecule has 0 bridgehead atoms. The van der Waals surface area contributed by atoms with Crippen molar-refractivity contribution in [2.45, 2.75) is 6.18 Å². The van der Waals surface area contributed by atoms with Crippen molar-refractivity contribution >= 4 is 11.8 Å². The first-order valence-corrected chi connectivity index (χ1v) is 10.8. The van der Waals surface area contributed by atoms with Crippen molar-refractivity contribution in [2.75, 3.05) is 40.4 Å². The average molecular weight is 488 g/mol. The van der Waals surface area contributed by atoms with E-state index in [2.05, 4.69) is 0 Å². The zero-order valence-electron chi connectivity index (χ0n) is 19.1. The van der Waals surface area contributed by atoms with Gasteiger partial charge in [0.05, 0.1) is 19.8 Å². The lowest BCUT2D eigenvalue weighted by Gasteiger charge is -2.34. The SMILES string of the molecule is COc1cc(OC)cc(C(=O)N2CCN(C(=O)c3ccc(-c4cccc(C(F)(F)F)c4)o3)CC2)c1. The lowest BCUT2D eigenvalue weighted by molar-refractivity contribution is -0.137. The molecular formula is C25H23F3N2O5. The fourth-order valence-corrected chi connectivity index (χ4v) is 3.84. The average Bonchev–Trinajstić information content (AvgIpc) is 3.37. The first-order valence-electron chi connectivity index (χ1n) is 10.8. The van der Waals surface area contributed by atoms with Crippen LogP contribution in [0.25, 0.3) is 11.3 Å². The Morgan fingerprint density at radius 2 is 1.43 bits per heavy atom. The number of hydrogen-bond acceptors (Lipinski definition) is 5. The number of amides is 2. The molecule has 2 heterocycles. The van der Waals surface area contributed by atoms with Crippen molar-refractivity contribution in [2.24, 2.45) is 0 Å². The van der Waals surface area contributed by atoms with Gasteiger partial charge in [-0.2, -0.15) is 13.2 Å². The molecule has 1 aromatic heterocycles. The largest absolute Gasteiger partial charge is 0.497 e. The Morgan fingerprint density at radius 1 is 0.829 bits per heavy atom. The van der Waals surface area contributed by atoms with Crippen LogP contribution in [0.5, 0.6) is 11.5 Å². The molecule has 2 aromatic carbocycles. The van der Waals surface area contributed by atoms with E-state index < -0.39 is 17.6 Å². The maximum atomic E-state index is 13.0. The van der Waals surface area contributed by atoms with Gasteiger partial charge >= 0.3 is 6.18 Å². The highest BCUT2D eigenvalue weighted by Crippen LogP contribution is 2.33. The van der Waals surface area contributed by atoms with E-state index in [1.807, 2.05) is 0 Å². The Kier molecular flexibility index (Phi) is 6.72. The number of alkyl halides is 3. The highest BCUT2D eigenvalue weighted by molar-refractivity contribution is 5.96. The van der Waals surface area contributed by atoms with Crippen LogP contribution in [0.4, 0.5) is 13.2 Å². The predicted octanol–water partition coefficient (Wildman–Crippen LogP) is 4.58. The number of carbonyl (C=O) groups is 2. The molecule has 1 aliphatic heterocycles. The number of methoxy groups -OCH3 is 2. The van der Waals surface area contributed by atoms with Crippen LogP contribution in [-0.2, 0) is 6.18 Å². The van der Waals surface area contributed by atoms with Gasteiger partial charge in [0.1, 0.15) is 17.3 Å². The highest BCUT2D eigenvalue weighted by Gasteiger charge is 2.31. The predicted molar refractivity (Wildman–Crippen MR) is 120 cm³/mol. The Hall–Kier alpha value is -3.95. The van der Waals surface area contributed by atoms with E-state index in [-0.39, 0.29) is 36.1 Å². The molecule has 1 fully saturated rings. The lowest BCUT2D eigenvalue weighted by Crippen LogP contribution is -2.50. The van der Waals surface area contributed by atoms with Gasteiger partial charge in [-0.25, -0.2) is 0 Å². The molecule has 0 N–H and O–H groups in total. The normalized spacial score (nSPS) is 14.1. The van der Waals surface area contributed by atoms with Crippen molar-refractivity contribution in [3.63, 3.8) is 0 Å². The van der Waals surface area contributed by atoms with E-state index in [1.54, 1.807) is 28.0 Å². The molecule has 35 heavy (non-hydrogen) atoms. The first-order chi connectivity index (χ1) is 16.7. The zero-order chi connectivity index (χ0) is 25.2. The summed E-state index contributed by atoms with van der Waals surface area (Å²) in [5, 5.41) is 0. The Balaban J connectivity index is 1.41. The van der Waals surface area contributed by atoms with Crippen LogP contribution in [0.1, 0.15) is 26.5 Å². The van der Waals surface area contributed by atoms with Gasteiger partial charge in [-0.05, 0) is 36.4 Å². The molecule has 0 radical (unpaired) electrons. The summed E-state index contributed by atoms with van der Waals surface area (Å²) in [6.07, 6.45) is -4.48. The molecular weight excluding hydrogens is 465 g/mol. The van der Waals surface area contributed by atoms with E-state index in [1.165, 1.54) is 38.5 Å². The number of rotatable bonds is 5. The third-order valence-electron chi connectivity index (χ3n) is 5.74. The molecule has 3 aromatic rings. The summed E-state index contributed by atoms with van der Waals surface area (Å²) in [6.45, 7) is 1.19. The van der Waals surface area contributed by atoms with Crippen LogP contribution in [0.2, 0.25) is 0 Å². The van der Waals surface area contributed by atoms with E-state index in [0.717, 1.165) is 12.1 Å². The van der Waals surface area contributed by atoms with Gasteiger partial charge < -0.3 is 23.7 Å². The minimum Gasteiger partial charge on any atom is -0.497 e. The number of ether oxygens (including phenoxy) is 2.